The summed E-state index contributed by atoms with van der Waals surface area (Å²) < 4.78 is 5.73. The Bertz CT molecular complexity index is 992. The molecule has 0 radical (unpaired) electrons. The van der Waals surface area contributed by atoms with Gasteiger partial charge >= 0.3 is 0 Å². The monoisotopic (exact) mass is 455 g/mol. The van der Waals surface area contributed by atoms with E-state index in [0.29, 0.717) is 15.5 Å². The Morgan fingerprint density at radius 1 is 0.935 bits per heavy atom. The summed E-state index contributed by atoms with van der Waals surface area (Å²) in [6.45, 7) is 3.94. The van der Waals surface area contributed by atoms with Crippen molar-refractivity contribution in [3.05, 3.63) is 64.0 Å². The van der Waals surface area contributed by atoms with Crippen LogP contribution >= 0.6 is 23.4 Å². The number of carbonyl (C=O) groups excluding carboxylic acids is 2. The van der Waals surface area contributed by atoms with Crippen LogP contribution < -0.4 is 4.74 Å². The Hall–Kier alpha value is -2.24. The first-order valence-corrected chi connectivity index (χ1v) is 12.0. The molecule has 0 aromatic heterocycles. The summed E-state index contributed by atoms with van der Waals surface area (Å²) in [6, 6.07) is 14.8. The van der Waals surface area contributed by atoms with E-state index in [0.717, 1.165) is 48.3 Å². The Kier molecular flexibility index (Phi) is 6.73. The predicted molar refractivity (Wildman–Crippen MR) is 125 cm³/mol. The molecule has 0 spiro atoms. The van der Waals surface area contributed by atoms with E-state index in [4.69, 9.17) is 16.3 Å². The van der Waals surface area contributed by atoms with Crippen molar-refractivity contribution in [3.63, 3.8) is 0 Å². The summed E-state index contributed by atoms with van der Waals surface area (Å²) in [5.41, 5.74) is 1.22. The van der Waals surface area contributed by atoms with Gasteiger partial charge in [-0.15, -0.1) is 0 Å². The lowest BCUT2D eigenvalue weighted by molar-refractivity contribution is -0.139. The van der Waals surface area contributed by atoms with Gasteiger partial charge in [-0.2, -0.15) is 0 Å². The lowest BCUT2D eigenvalue weighted by Crippen LogP contribution is -2.42. The third-order valence-corrected chi connectivity index (χ3v) is 6.90. The lowest BCUT2D eigenvalue weighted by Gasteiger charge is -2.29. The Labute approximate surface area is 192 Å². The molecule has 4 rings (SSSR count). The molecule has 4 nitrogen and oxygen atoms in total. The van der Waals surface area contributed by atoms with Crippen LogP contribution in [0, 0.1) is 0 Å². The highest BCUT2D eigenvalue weighted by atomic mass is 35.5. The van der Waals surface area contributed by atoms with Crippen molar-refractivity contribution in [2.24, 2.45) is 0 Å². The fourth-order valence-corrected chi connectivity index (χ4v) is 5.27. The summed E-state index contributed by atoms with van der Waals surface area (Å²) in [5.74, 6) is 0.368. The predicted octanol–water partition coefficient (Wildman–Crippen LogP) is 6.33. The molecule has 2 aromatic rings. The average molecular weight is 456 g/mol. The molecular weight excluding hydrogens is 430 g/mol. The summed E-state index contributed by atoms with van der Waals surface area (Å²) in [6.07, 6.45) is 5.10. The zero-order chi connectivity index (χ0) is 22.0. The molecule has 1 heterocycles. The van der Waals surface area contributed by atoms with Crippen molar-refractivity contribution in [3.8, 4) is 5.75 Å². The van der Waals surface area contributed by atoms with Gasteiger partial charge in [0, 0.05) is 16.0 Å². The molecule has 2 amide bonds. The third kappa shape index (κ3) is 4.83. The number of halogens is 1. The van der Waals surface area contributed by atoms with Gasteiger partial charge in [0.1, 0.15) is 5.75 Å². The molecule has 1 aliphatic carbocycles. The number of imide groups is 1. The molecule has 0 N–H and O–H groups in total. The van der Waals surface area contributed by atoms with Gasteiger partial charge in [0.25, 0.3) is 11.8 Å². The van der Waals surface area contributed by atoms with E-state index in [1.54, 1.807) is 12.1 Å². The molecule has 0 unspecified atom stereocenters. The molecule has 1 saturated carbocycles. The lowest BCUT2D eigenvalue weighted by atomic mass is 9.94. The molecule has 0 saturated heterocycles. The molecule has 1 fully saturated rings. The van der Waals surface area contributed by atoms with Crippen LogP contribution in [-0.2, 0) is 9.59 Å². The maximum atomic E-state index is 13.5. The maximum absolute atomic E-state index is 13.5. The first kappa shape index (κ1) is 22.0. The van der Waals surface area contributed by atoms with E-state index in [9.17, 15) is 9.59 Å². The first-order chi connectivity index (χ1) is 14.9. The van der Waals surface area contributed by atoms with Crippen LogP contribution in [0.15, 0.2) is 58.3 Å². The highest BCUT2D eigenvalue weighted by molar-refractivity contribution is 8.04. The third-order valence-electron chi connectivity index (χ3n) is 5.56. The van der Waals surface area contributed by atoms with Crippen LogP contribution in [0.5, 0.6) is 5.75 Å². The number of rotatable bonds is 6. The van der Waals surface area contributed by atoms with E-state index in [-0.39, 0.29) is 24.0 Å². The topological polar surface area (TPSA) is 46.6 Å². The maximum Gasteiger partial charge on any atom is 0.268 e. The molecule has 6 heteroatoms. The molecule has 2 aromatic carbocycles. The van der Waals surface area contributed by atoms with Crippen LogP contribution in [0.2, 0.25) is 5.02 Å². The number of benzene rings is 2. The van der Waals surface area contributed by atoms with Crippen molar-refractivity contribution in [2.75, 3.05) is 0 Å². The number of nitrogens with zero attached hydrogens (tertiary/aromatic N) is 1. The fraction of sp³-hybridized carbons (Fsp3) is 0.360. The minimum absolute atomic E-state index is 0.0179. The second-order valence-electron chi connectivity index (χ2n) is 8.22. The molecule has 162 valence electrons. The number of amides is 2. The van der Waals surface area contributed by atoms with Crippen LogP contribution in [0.3, 0.4) is 0 Å². The van der Waals surface area contributed by atoms with Gasteiger partial charge in [-0.3, -0.25) is 14.5 Å². The normalized spacial score (nSPS) is 17.7. The summed E-state index contributed by atoms with van der Waals surface area (Å²) in [5, 5.41) is 0.636. The first-order valence-electron chi connectivity index (χ1n) is 10.8. The van der Waals surface area contributed by atoms with Crippen LogP contribution in [0.4, 0.5) is 0 Å². The highest BCUT2D eigenvalue weighted by Gasteiger charge is 2.43. The minimum atomic E-state index is -0.189. The van der Waals surface area contributed by atoms with Crippen LogP contribution in [0.1, 0.15) is 51.5 Å². The van der Waals surface area contributed by atoms with Crippen molar-refractivity contribution in [1.29, 1.82) is 0 Å². The Balaban J connectivity index is 1.71. The summed E-state index contributed by atoms with van der Waals surface area (Å²) >= 11 is 7.35. The number of hydrogen-bond acceptors (Lipinski definition) is 4. The van der Waals surface area contributed by atoms with E-state index in [2.05, 4.69) is 0 Å². The fourth-order valence-electron chi connectivity index (χ4n) is 4.14. The molecule has 0 atom stereocenters. The largest absolute Gasteiger partial charge is 0.491 e. The minimum Gasteiger partial charge on any atom is -0.491 e. The molecule has 1 aliphatic heterocycles. The average Bonchev–Trinajstić information content (AvgIpc) is 3.00. The van der Waals surface area contributed by atoms with Crippen molar-refractivity contribution in [2.45, 2.75) is 63.0 Å². The second-order valence-corrected chi connectivity index (χ2v) is 9.74. The van der Waals surface area contributed by atoms with Gasteiger partial charge in [0.15, 0.2) is 0 Å². The van der Waals surface area contributed by atoms with Gasteiger partial charge in [0.2, 0.25) is 0 Å². The van der Waals surface area contributed by atoms with Crippen LogP contribution in [0.25, 0.3) is 5.57 Å². The van der Waals surface area contributed by atoms with Gasteiger partial charge < -0.3 is 4.74 Å². The highest BCUT2D eigenvalue weighted by Crippen LogP contribution is 2.42. The quantitative estimate of drug-likeness (QED) is 0.477. The molecule has 2 aliphatic rings. The number of thioether (sulfide) groups is 1. The van der Waals surface area contributed by atoms with Gasteiger partial charge in [-0.1, -0.05) is 54.8 Å². The molecule has 0 bridgehead atoms. The van der Waals surface area contributed by atoms with E-state index in [1.807, 2.05) is 50.2 Å². The zero-order valence-electron chi connectivity index (χ0n) is 17.8. The van der Waals surface area contributed by atoms with E-state index < -0.39 is 0 Å². The van der Waals surface area contributed by atoms with Crippen LogP contribution in [-0.4, -0.2) is 28.9 Å². The Morgan fingerprint density at radius 3 is 2.19 bits per heavy atom. The smallest absolute Gasteiger partial charge is 0.268 e. The summed E-state index contributed by atoms with van der Waals surface area (Å²) in [4.78, 5) is 29.8. The van der Waals surface area contributed by atoms with Crippen molar-refractivity contribution >= 4 is 40.8 Å². The molecule has 31 heavy (non-hydrogen) atoms. The van der Waals surface area contributed by atoms with E-state index >= 15 is 0 Å². The SMILES string of the molecule is CC(C)Oc1ccc(C2=C(Sc3ccc(Cl)cc3)C(=O)N(C3CCCCC3)C2=O)cc1. The van der Waals surface area contributed by atoms with Gasteiger partial charge in [-0.25, -0.2) is 0 Å². The molecular formula is C25H26ClNO3S. The standard InChI is InChI=1S/C25H26ClNO3S/c1-16(2)30-20-12-8-17(9-13-20)22-23(31-21-14-10-18(26)11-15-21)25(29)27(24(22)28)19-6-4-3-5-7-19/h8-16,19H,3-7H2,1-2H3. The zero-order valence-corrected chi connectivity index (χ0v) is 19.3. The van der Waals surface area contributed by atoms with Crippen molar-refractivity contribution < 1.29 is 14.3 Å². The second kappa shape index (κ2) is 9.49. The number of hydrogen-bond donors (Lipinski definition) is 0. The van der Waals surface area contributed by atoms with Gasteiger partial charge in [-0.05, 0) is 68.7 Å². The van der Waals surface area contributed by atoms with Gasteiger partial charge in [0.05, 0.1) is 16.6 Å². The number of carbonyl (C=O) groups is 2. The van der Waals surface area contributed by atoms with Crippen molar-refractivity contribution in [1.82, 2.24) is 4.90 Å². The Morgan fingerprint density at radius 2 is 1.58 bits per heavy atom. The number of ether oxygens (including phenoxy) is 1. The van der Waals surface area contributed by atoms with E-state index in [1.165, 1.54) is 16.7 Å². The summed E-state index contributed by atoms with van der Waals surface area (Å²) in [7, 11) is 0.